The molecule has 0 spiro atoms. The quantitative estimate of drug-likeness (QED) is 0.745. The van der Waals surface area contributed by atoms with Crippen molar-refractivity contribution in [1.82, 2.24) is 5.32 Å². The third-order valence-electron chi connectivity index (χ3n) is 4.33. The Kier molecular flexibility index (Phi) is 6.21. The molecule has 21 heavy (non-hydrogen) atoms. The zero-order valence-corrected chi connectivity index (χ0v) is 12.5. The molecule has 116 valence electrons. The van der Waals surface area contributed by atoms with E-state index < -0.39 is 6.04 Å². The third-order valence-corrected chi connectivity index (χ3v) is 4.33. The van der Waals surface area contributed by atoms with Gasteiger partial charge in [-0.3, -0.25) is 4.79 Å². The number of amides is 1. The van der Waals surface area contributed by atoms with Crippen LogP contribution in [0, 0.1) is 5.92 Å². The first kappa shape index (κ1) is 16.0. The standard InChI is InChI=1S/C17H26N2O2/c18-15(11-10-13-6-2-1-3-7-13)17(21)19-12-14-8-4-5-9-16(14)20/h1-3,6-7,14-16,20H,4-5,8-12,18H2,(H,19,21)/t14?,15-,16?/m0/s1. The van der Waals surface area contributed by atoms with Crippen LogP contribution in [0.5, 0.6) is 0 Å². The van der Waals surface area contributed by atoms with Crippen molar-refractivity contribution < 1.29 is 9.90 Å². The lowest BCUT2D eigenvalue weighted by molar-refractivity contribution is -0.122. The maximum atomic E-state index is 12.0. The molecule has 1 amide bonds. The summed E-state index contributed by atoms with van der Waals surface area (Å²) < 4.78 is 0. The number of nitrogens with one attached hydrogen (secondary N) is 1. The van der Waals surface area contributed by atoms with Crippen LogP contribution in [0.2, 0.25) is 0 Å². The highest BCUT2D eigenvalue weighted by atomic mass is 16.3. The number of aliphatic hydroxyl groups is 1. The summed E-state index contributed by atoms with van der Waals surface area (Å²) in [6.07, 6.45) is 5.23. The Labute approximate surface area is 126 Å². The van der Waals surface area contributed by atoms with E-state index in [0.717, 1.165) is 32.1 Å². The van der Waals surface area contributed by atoms with Gasteiger partial charge in [-0.05, 0) is 31.2 Å². The number of nitrogens with two attached hydrogens (primary N) is 1. The molecule has 0 saturated heterocycles. The Morgan fingerprint density at radius 2 is 2.00 bits per heavy atom. The van der Waals surface area contributed by atoms with Crippen molar-refractivity contribution in [1.29, 1.82) is 0 Å². The number of benzene rings is 1. The molecule has 4 N–H and O–H groups in total. The molecular formula is C17H26N2O2. The molecule has 2 rings (SSSR count). The SMILES string of the molecule is N[C@@H](CCc1ccccc1)C(=O)NCC1CCCCC1O. The average Bonchev–Trinajstić information content (AvgIpc) is 2.52. The zero-order chi connectivity index (χ0) is 15.1. The predicted octanol–water partition coefficient (Wildman–Crippen LogP) is 1.61. The molecule has 4 heteroatoms. The molecule has 1 aliphatic rings. The highest BCUT2D eigenvalue weighted by molar-refractivity contribution is 5.81. The maximum absolute atomic E-state index is 12.0. The van der Waals surface area contributed by atoms with Crippen molar-refractivity contribution in [2.24, 2.45) is 11.7 Å². The molecule has 0 aromatic heterocycles. The van der Waals surface area contributed by atoms with Crippen LogP contribution in [0.4, 0.5) is 0 Å². The Balaban J connectivity index is 1.70. The Hall–Kier alpha value is -1.39. The van der Waals surface area contributed by atoms with Gasteiger partial charge in [-0.15, -0.1) is 0 Å². The minimum atomic E-state index is -0.481. The summed E-state index contributed by atoms with van der Waals surface area (Å²) in [4.78, 5) is 12.0. The van der Waals surface area contributed by atoms with Crippen LogP contribution < -0.4 is 11.1 Å². The number of carbonyl (C=O) groups is 1. The largest absolute Gasteiger partial charge is 0.393 e. The summed E-state index contributed by atoms with van der Waals surface area (Å²) >= 11 is 0. The number of aliphatic hydroxyl groups excluding tert-OH is 1. The second kappa shape index (κ2) is 8.15. The van der Waals surface area contributed by atoms with Gasteiger partial charge in [0.2, 0.25) is 5.91 Å². The van der Waals surface area contributed by atoms with Gasteiger partial charge in [0.05, 0.1) is 12.1 Å². The van der Waals surface area contributed by atoms with Crippen LogP contribution in [0.1, 0.15) is 37.7 Å². The molecule has 1 fully saturated rings. The van der Waals surface area contributed by atoms with E-state index in [1.165, 1.54) is 5.56 Å². The van der Waals surface area contributed by atoms with E-state index >= 15 is 0 Å². The average molecular weight is 290 g/mol. The predicted molar refractivity (Wildman–Crippen MR) is 83.7 cm³/mol. The fraction of sp³-hybridized carbons (Fsp3) is 0.588. The molecule has 1 saturated carbocycles. The molecule has 1 aliphatic carbocycles. The molecule has 3 atom stereocenters. The van der Waals surface area contributed by atoms with Gasteiger partial charge in [-0.1, -0.05) is 43.2 Å². The van der Waals surface area contributed by atoms with Gasteiger partial charge < -0.3 is 16.2 Å². The van der Waals surface area contributed by atoms with Gasteiger partial charge in [0, 0.05) is 12.5 Å². The molecule has 1 aromatic carbocycles. The van der Waals surface area contributed by atoms with Gasteiger partial charge >= 0.3 is 0 Å². The third kappa shape index (κ3) is 5.14. The lowest BCUT2D eigenvalue weighted by atomic mass is 9.86. The van der Waals surface area contributed by atoms with E-state index in [0.29, 0.717) is 13.0 Å². The molecule has 0 heterocycles. The summed E-state index contributed by atoms with van der Waals surface area (Å²) in [5, 5.41) is 12.8. The molecule has 4 nitrogen and oxygen atoms in total. The topological polar surface area (TPSA) is 75.4 Å². The maximum Gasteiger partial charge on any atom is 0.236 e. The van der Waals surface area contributed by atoms with Crippen LogP contribution in [-0.4, -0.2) is 29.7 Å². The van der Waals surface area contributed by atoms with Crippen LogP contribution >= 0.6 is 0 Å². The first-order chi connectivity index (χ1) is 10.2. The highest BCUT2D eigenvalue weighted by Crippen LogP contribution is 2.23. The van der Waals surface area contributed by atoms with Crippen LogP contribution in [0.3, 0.4) is 0 Å². The van der Waals surface area contributed by atoms with E-state index in [2.05, 4.69) is 5.32 Å². The van der Waals surface area contributed by atoms with Crippen molar-refractivity contribution in [3.05, 3.63) is 35.9 Å². The number of carbonyl (C=O) groups excluding carboxylic acids is 1. The fourth-order valence-corrected chi connectivity index (χ4v) is 2.89. The Morgan fingerprint density at radius 1 is 1.29 bits per heavy atom. The molecule has 0 radical (unpaired) electrons. The Morgan fingerprint density at radius 3 is 2.71 bits per heavy atom. The first-order valence-electron chi connectivity index (χ1n) is 7.92. The molecule has 2 unspecified atom stereocenters. The smallest absolute Gasteiger partial charge is 0.236 e. The lowest BCUT2D eigenvalue weighted by Gasteiger charge is -2.28. The van der Waals surface area contributed by atoms with Crippen molar-refractivity contribution in [3.8, 4) is 0 Å². The van der Waals surface area contributed by atoms with Gasteiger partial charge in [0.15, 0.2) is 0 Å². The van der Waals surface area contributed by atoms with Gasteiger partial charge in [-0.2, -0.15) is 0 Å². The number of hydrogen-bond donors (Lipinski definition) is 3. The van der Waals surface area contributed by atoms with Crippen LogP contribution in [-0.2, 0) is 11.2 Å². The Bertz CT molecular complexity index is 436. The number of hydrogen-bond acceptors (Lipinski definition) is 3. The summed E-state index contributed by atoms with van der Waals surface area (Å²) in [7, 11) is 0. The summed E-state index contributed by atoms with van der Waals surface area (Å²) in [6, 6.07) is 9.57. The van der Waals surface area contributed by atoms with Crippen molar-refractivity contribution in [2.75, 3.05) is 6.54 Å². The second-order valence-corrected chi connectivity index (χ2v) is 5.99. The van der Waals surface area contributed by atoms with E-state index in [9.17, 15) is 9.90 Å². The number of rotatable bonds is 6. The monoisotopic (exact) mass is 290 g/mol. The fourth-order valence-electron chi connectivity index (χ4n) is 2.89. The molecule has 0 bridgehead atoms. The minimum absolute atomic E-state index is 0.108. The summed E-state index contributed by atoms with van der Waals surface area (Å²) in [6.45, 7) is 0.541. The molecule has 0 aliphatic heterocycles. The number of aryl methyl sites for hydroxylation is 1. The first-order valence-corrected chi connectivity index (χ1v) is 7.92. The normalized spacial score (nSPS) is 23.5. The van der Waals surface area contributed by atoms with E-state index in [1.807, 2.05) is 30.3 Å². The highest BCUT2D eigenvalue weighted by Gasteiger charge is 2.24. The van der Waals surface area contributed by atoms with Crippen molar-refractivity contribution in [3.63, 3.8) is 0 Å². The second-order valence-electron chi connectivity index (χ2n) is 5.99. The van der Waals surface area contributed by atoms with Gasteiger partial charge in [0.1, 0.15) is 0 Å². The van der Waals surface area contributed by atoms with Gasteiger partial charge in [0.25, 0.3) is 0 Å². The molecule has 1 aromatic rings. The van der Waals surface area contributed by atoms with Crippen LogP contribution in [0.15, 0.2) is 30.3 Å². The van der Waals surface area contributed by atoms with E-state index in [1.54, 1.807) is 0 Å². The van der Waals surface area contributed by atoms with E-state index in [-0.39, 0.29) is 17.9 Å². The zero-order valence-electron chi connectivity index (χ0n) is 12.5. The minimum Gasteiger partial charge on any atom is -0.393 e. The summed E-state index contributed by atoms with van der Waals surface area (Å²) in [5.74, 6) is 0.0766. The van der Waals surface area contributed by atoms with Crippen molar-refractivity contribution in [2.45, 2.75) is 50.7 Å². The van der Waals surface area contributed by atoms with Crippen LogP contribution in [0.25, 0.3) is 0 Å². The lowest BCUT2D eigenvalue weighted by Crippen LogP contribution is -2.44. The van der Waals surface area contributed by atoms with E-state index in [4.69, 9.17) is 5.73 Å². The van der Waals surface area contributed by atoms with Gasteiger partial charge in [-0.25, -0.2) is 0 Å². The summed E-state index contributed by atoms with van der Waals surface area (Å²) in [5.41, 5.74) is 7.14. The molecular weight excluding hydrogens is 264 g/mol. The van der Waals surface area contributed by atoms with Crippen molar-refractivity contribution >= 4 is 5.91 Å².